The highest BCUT2D eigenvalue weighted by atomic mass is 35.5. The summed E-state index contributed by atoms with van der Waals surface area (Å²) in [6.45, 7) is 2.94. The molecule has 7 heteroatoms. The fraction of sp³-hybridized carbons (Fsp3) is 0.462. The van der Waals surface area contributed by atoms with Crippen LogP contribution in [0.3, 0.4) is 0 Å². The quantitative estimate of drug-likeness (QED) is 0.624. The van der Waals surface area contributed by atoms with Crippen LogP contribution >= 0.6 is 23.2 Å². The van der Waals surface area contributed by atoms with Gasteiger partial charge in [-0.15, -0.1) is 0 Å². The number of halogens is 2. The molecule has 176 valence electrons. The number of allylic oxidation sites excluding steroid dienone is 5. The zero-order valence-corrected chi connectivity index (χ0v) is 20.3. The molecule has 2 fully saturated rings. The number of hydrogen-bond donors (Lipinski definition) is 1. The molecule has 1 saturated heterocycles. The average molecular weight is 488 g/mol. The zero-order chi connectivity index (χ0) is 23.2. The lowest BCUT2D eigenvalue weighted by molar-refractivity contribution is -0.137. The van der Waals surface area contributed by atoms with Crippen LogP contribution in [0.1, 0.15) is 38.5 Å². The maximum atomic E-state index is 13.2. The first kappa shape index (κ1) is 23.9. The molecular formula is C26H31Cl2N3O2. The molecule has 1 N–H and O–H groups in total. The molecule has 5 nitrogen and oxygen atoms in total. The van der Waals surface area contributed by atoms with E-state index in [-0.39, 0.29) is 23.8 Å². The van der Waals surface area contributed by atoms with Crippen LogP contribution in [0.25, 0.3) is 0 Å². The van der Waals surface area contributed by atoms with Crippen LogP contribution in [-0.4, -0.2) is 48.9 Å². The lowest BCUT2D eigenvalue weighted by Crippen LogP contribution is -2.51. The van der Waals surface area contributed by atoms with Gasteiger partial charge in [0.15, 0.2) is 0 Å². The molecule has 1 aliphatic heterocycles. The van der Waals surface area contributed by atoms with Gasteiger partial charge in [-0.05, 0) is 43.9 Å². The third kappa shape index (κ3) is 6.42. The largest absolute Gasteiger partial charge is 0.368 e. The number of hydrogen-bond acceptors (Lipinski definition) is 3. The van der Waals surface area contributed by atoms with Crippen molar-refractivity contribution in [1.29, 1.82) is 0 Å². The van der Waals surface area contributed by atoms with Gasteiger partial charge in [0, 0.05) is 50.2 Å². The predicted molar refractivity (Wildman–Crippen MR) is 135 cm³/mol. The second-order valence-corrected chi connectivity index (χ2v) is 9.87. The summed E-state index contributed by atoms with van der Waals surface area (Å²) in [5, 5.41) is 4.28. The van der Waals surface area contributed by atoms with E-state index in [0.29, 0.717) is 29.6 Å². The third-order valence-electron chi connectivity index (χ3n) is 6.71. The normalized spacial score (nSPS) is 23.2. The number of rotatable bonds is 5. The number of amides is 2. The van der Waals surface area contributed by atoms with E-state index in [0.717, 1.165) is 56.5 Å². The third-order valence-corrected chi connectivity index (χ3v) is 7.45. The van der Waals surface area contributed by atoms with Gasteiger partial charge in [-0.2, -0.15) is 0 Å². The Morgan fingerprint density at radius 3 is 2.61 bits per heavy atom. The molecule has 1 heterocycles. The maximum Gasteiger partial charge on any atom is 0.225 e. The van der Waals surface area contributed by atoms with Gasteiger partial charge in [0.2, 0.25) is 11.8 Å². The Bertz CT molecular complexity index is 964. The monoisotopic (exact) mass is 487 g/mol. The highest BCUT2D eigenvalue weighted by Gasteiger charge is 2.32. The molecule has 2 aliphatic carbocycles. The summed E-state index contributed by atoms with van der Waals surface area (Å²) >= 11 is 12.2. The van der Waals surface area contributed by atoms with Crippen molar-refractivity contribution >= 4 is 40.7 Å². The summed E-state index contributed by atoms with van der Waals surface area (Å²) in [5.41, 5.74) is 2.15. The van der Waals surface area contributed by atoms with Gasteiger partial charge in [-0.1, -0.05) is 65.6 Å². The SMILES string of the molecule is O=C(CC1=CC=CC=CC1)NC1CCCC(C(=O)N2CCN(c3ccc(Cl)c(Cl)c3)CC2)C1. The smallest absolute Gasteiger partial charge is 0.225 e. The van der Waals surface area contributed by atoms with E-state index in [9.17, 15) is 9.59 Å². The summed E-state index contributed by atoms with van der Waals surface area (Å²) in [6.07, 6.45) is 14.8. The number of piperazine rings is 1. The minimum atomic E-state index is -0.0106. The number of carbonyl (C=O) groups is 2. The fourth-order valence-corrected chi connectivity index (χ4v) is 5.20. The molecular weight excluding hydrogens is 457 g/mol. The van der Waals surface area contributed by atoms with E-state index in [1.807, 2.05) is 47.4 Å². The van der Waals surface area contributed by atoms with Crippen molar-refractivity contribution in [3.63, 3.8) is 0 Å². The first-order chi connectivity index (χ1) is 16.0. The van der Waals surface area contributed by atoms with Crippen LogP contribution in [0, 0.1) is 5.92 Å². The van der Waals surface area contributed by atoms with E-state index in [2.05, 4.69) is 16.3 Å². The molecule has 2 amide bonds. The molecule has 1 aromatic rings. The summed E-state index contributed by atoms with van der Waals surface area (Å²) in [5.74, 6) is 0.270. The van der Waals surface area contributed by atoms with Crippen LogP contribution < -0.4 is 10.2 Å². The summed E-state index contributed by atoms with van der Waals surface area (Å²) < 4.78 is 0. The van der Waals surface area contributed by atoms with Gasteiger partial charge in [0.05, 0.1) is 10.0 Å². The van der Waals surface area contributed by atoms with E-state index in [1.54, 1.807) is 0 Å². The molecule has 3 aliphatic rings. The number of nitrogens with one attached hydrogen (secondary N) is 1. The molecule has 0 aromatic heterocycles. The second kappa shape index (κ2) is 11.3. The highest BCUT2D eigenvalue weighted by Crippen LogP contribution is 2.29. The first-order valence-electron chi connectivity index (χ1n) is 11.8. The van der Waals surface area contributed by atoms with Crippen molar-refractivity contribution in [3.05, 3.63) is 64.2 Å². The van der Waals surface area contributed by atoms with Gasteiger partial charge in [0.25, 0.3) is 0 Å². The molecule has 0 spiro atoms. The van der Waals surface area contributed by atoms with Crippen LogP contribution in [-0.2, 0) is 9.59 Å². The van der Waals surface area contributed by atoms with Crippen molar-refractivity contribution in [1.82, 2.24) is 10.2 Å². The lowest BCUT2D eigenvalue weighted by atomic mass is 9.84. The van der Waals surface area contributed by atoms with E-state index in [4.69, 9.17) is 23.2 Å². The molecule has 0 bridgehead atoms. The summed E-state index contributed by atoms with van der Waals surface area (Å²) in [7, 11) is 0. The van der Waals surface area contributed by atoms with Crippen LogP contribution in [0.4, 0.5) is 5.69 Å². The van der Waals surface area contributed by atoms with Gasteiger partial charge >= 0.3 is 0 Å². The summed E-state index contributed by atoms with van der Waals surface area (Å²) in [6, 6.07) is 5.74. The lowest BCUT2D eigenvalue weighted by Gasteiger charge is -2.39. The zero-order valence-electron chi connectivity index (χ0n) is 18.8. The van der Waals surface area contributed by atoms with Crippen LogP contribution in [0.2, 0.25) is 10.0 Å². The molecule has 4 rings (SSSR count). The second-order valence-electron chi connectivity index (χ2n) is 9.06. The van der Waals surface area contributed by atoms with Crippen LogP contribution in [0.15, 0.2) is 54.2 Å². The van der Waals surface area contributed by atoms with E-state index < -0.39 is 0 Å². The Balaban J connectivity index is 1.26. The van der Waals surface area contributed by atoms with Crippen molar-refractivity contribution < 1.29 is 9.59 Å². The van der Waals surface area contributed by atoms with E-state index in [1.165, 1.54) is 0 Å². The highest BCUT2D eigenvalue weighted by molar-refractivity contribution is 6.42. The van der Waals surface area contributed by atoms with Crippen molar-refractivity contribution in [3.8, 4) is 0 Å². The van der Waals surface area contributed by atoms with Gasteiger partial charge in [-0.3, -0.25) is 9.59 Å². The molecule has 2 atom stereocenters. The fourth-order valence-electron chi connectivity index (χ4n) is 4.91. The molecule has 2 unspecified atom stereocenters. The standard InChI is InChI=1S/C26H31Cl2N3O2/c27-23-11-10-22(18-24(23)28)30-12-14-31(15-13-30)26(33)20-8-5-9-21(17-20)29-25(32)16-19-6-3-1-2-4-7-19/h1-4,6,10-11,18,20-21H,5,7-9,12-17H2,(H,29,32). The van der Waals surface area contributed by atoms with Crippen molar-refractivity contribution in [2.75, 3.05) is 31.1 Å². The minimum Gasteiger partial charge on any atom is -0.368 e. The Labute approximate surface area is 206 Å². The Morgan fingerprint density at radius 2 is 1.82 bits per heavy atom. The number of carbonyl (C=O) groups excluding carboxylic acids is 2. The number of nitrogens with zero attached hydrogens (tertiary/aromatic N) is 2. The topological polar surface area (TPSA) is 52.7 Å². The molecule has 1 saturated carbocycles. The van der Waals surface area contributed by atoms with Gasteiger partial charge < -0.3 is 15.1 Å². The molecule has 1 aromatic carbocycles. The Kier molecular flexibility index (Phi) is 8.15. The number of benzene rings is 1. The van der Waals surface area contributed by atoms with Gasteiger partial charge in [-0.25, -0.2) is 0 Å². The summed E-state index contributed by atoms with van der Waals surface area (Å²) in [4.78, 5) is 30.0. The van der Waals surface area contributed by atoms with Gasteiger partial charge in [0.1, 0.15) is 0 Å². The van der Waals surface area contributed by atoms with E-state index >= 15 is 0 Å². The van der Waals surface area contributed by atoms with Crippen molar-refractivity contribution in [2.24, 2.45) is 5.92 Å². The average Bonchev–Trinajstić information content (AvgIpc) is 3.09. The van der Waals surface area contributed by atoms with Crippen LogP contribution in [0.5, 0.6) is 0 Å². The maximum absolute atomic E-state index is 13.2. The van der Waals surface area contributed by atoms with Crippen molar-refractivity contribution in [2.45, 2.75) is 44.6 Å². The Hall–Kier alpha value is -2.24. The predicted octanol–water partition coefficient (Wildman–Crippen LogP) is 5.15. The first-order valence-corrected chi connectivity index (χ1v) is 12.5. The molecule has 0 radical (unpaired) electrons. The molecule has 33 heavy (non-hydrogen) atoms. The Morgan fingerprint density at radius 1 is 1.00 bits per heavy atom. The minimum absolute atomic E-state index is 0.0106. The number of anilines is 1.